The average molecular weight is 419 g/mol. The summed E-state index contributed by atoms with van der Waals surface area (Å²) >= 11 is 6.56. The van der Waals surface area contributed by atoms with Gasteiger partial charge < -0.3 is 16.0 Å². The molecule has 1 aliphatic rings. The van der Waals surface area contributed by atoms with Crippen LogP contribution in [0.3, 0.4) is 0 Å². The highest BCUT2D eigenvalue weighted by molar-refractivity contribution is 7.90. The van der Waals surface area contributed by atoms with Crippen LogP contribution in [0.5, 0.6) is 0 Å². The smallest absolute Gasteiger partial charge is 0.177 e. The van der Waals surface area contributed by atoms with Gasteiger partial charge in [-0.05, 0) is 24.3 Å². The molecule has 0 spiro atoms. The number of piperazine rings is 1. The number of halogens is 1. The van der Waals surface area contributed by atoms with Crippen LogP contribution in [0.25, 0.3) is 22.2 Å². The zero-order valence-corrected chi connectivity index (χ0v) is 16.8. The van der Waals surface area contributed by atoms with Crippen LogP contribution in [0.15, 0.2) is 35.5 Å². The normalized spacial score (nSPS) is 15.1. The minimum absolute atomic E-state index is 0.0688. The molecule has 3 heterocycles. The van der Waals surface area contributed by atoms with Crippen molar-refractivity contribution < 1.29 is 8.42 Å². The van der Waals surface area contributed by atoms with E-state index >= 15 is 0 Å². The number of anilines is 2. The van der Waals surface area contributed by atoms with Gasteiger partial charge in [0.15, 0.2) is 9.84 Å². The maximum Gasteiger partial charge on any atom is 0.177 e. The topological polar surface area (TPSA) is 114 Å². The molecule has 8 nitrogen and oxygen atoms in total. The summed E-state index contributed by atoms with van der Waals surface area (Å²) in [5.74, 6) is 1.02. The first-order chi connectivity index (χ1) is 13.3. The van der Waals surface area contributed by atoms with E-state index < -0.39 is 9.84 Å². The molecule has 3 aromatic rings. The Morgan fingerprint density at radius 1 is 1.18 bits per heavy atom. The first kappa shape index (κ1) is 18.9. The summed E-state index contributed by atoms with van der Waals surface area (Å²) in [7, 11) is -3.52. The van der Waals surface area contributed by atoms with Crippen molar-refractivity contribution in [3.8, 4) is 11.3 Å². The number of benzene rings is 1. The third-order valence-electron chi connectivity index (χ3n) is 4.65. The zero-order valence-electron chi connectivity index (χ0n) is 15.2. The second kappa shape index (κ2) is 7.16. The fourth-order valence-corrected chi connectivity index (χ4v) is 4.40. The van der Waals surface area contributed by atoms with Gasteiger partial charge in [0.2, 0.25) is 0 Å². The molecule has 0 bridgehead atoms. The molecule has 2 aromatic heterocycles. The molecule has 4 rings (SSSR count). The van der Waals surface area contributed by atoms with E-state index in [1.807, 2.05) is 0 Å². The molecular weight excluding hydrogens is 400 g/mol. The molecule has 1 aliphatic heterocycles. The summed E-state index contributed by atoms with van der Waals surface area (Å²) in [6, 6.07) is 6.40. The molecule has 0 aliphatic carbocycles. The van der Waals surface area contributed by atoms with Crippen molar-refractivity contribution in [2.45, 2.75) is 4.90 Å². The highest BCUT2D eigenvalue weighted by Gasteiger charge is 2.21. The lowest BCUT2D eigenvalue weighted by Gasteiger charge is -2.29. The quantitative estimate of drug-likeness (QED) is 0.661. The van der Waals surface area contributed by atoms with E-state index in [0.29, 0.717) is 16.1 Å². The van der Waals surface area contributed by atoms with Crippen LogP contribution >= 0.6 is 11.6 Å². The molecule has 3 N–H and O–H groups in total. The van der Waals surface area contributed by atoms with E-state index in [2.05, 4.69) is 25.2 Å². The molecule has 1 aromatic carbocycles. The molecule has 0 saturated carbocycles. The second-order valence-electron chi connectivity index (χ2n) is 6.64. The molecule has 146 valence electrons. The van der Waals surface area contributed by atoms with E-state index in [9.17, 15) is 8.42 Å². The second-order valence-corrected chi connectivity index (χ2v) is 9.03. The lowest BCUT2D eigenvalue weighted by molar-refractivity contribution is 0.586. The summed E-state index contributed by atoms with van der Waals surface area (Å²) in [5, 5.41) is 4.48. The summed E-state index contributed by atoms with van der Waals surface area (Å²) in [6.45, 7) is 3.42. The number of nitrogen functional groups attached to an aromatic ring is 1. The molecular formula is C18H19ClN6O2S. The minimum Gasteiger partial charge on any atom is -0.384 e. The van der Waals surface area contributed by atoms with Crippen molar-refractivity contribution in [2.24, 2.45) is 0 Å². The highest BCUT2D eigenvalue weighted by Crippen LogP contribution is 2.36. The Morgan fingerprint density at radius 3 is 2.64 bits per heavy atom. The third kappa shape index (κ3) is 3.48. The number of pyridine rings is 1. The van der Waals surface area contributed by atoms with Gasteiger partial charge in [0, 0.05) is 43.4 Å². The van der Waals surface area contributed by atoms with Crippen LogP contribution in [0.1, 0.15) is 0 Å². The van der Waals surface area contributed by atoms with Crippen LogP contribution in [-0.2, 0) is 9.84 Å². The Labute approximate surface area is 167 Å². The standard InChI is InChI=1S/C18H19ClN6O2S/c1-28(26,27)15-2-3-16(20)24-17(15)11-9-14-12(8-13(11)19)18(23-10-22-14)25-6-4-21-5-7-25/h2-3,8-10,21H,4-7H2,1H3,(H2,20,24). The Bertz CT molecular complexity index is 1160. The van der Waals surface area contributed by atoms with Crippen molar-refractivity contribution in [2.75, 3.05) is 43.1 Å². The van der Waals surface area contributed by atoms with Crippen molar-refractivity contribution in [3.05, 3.63) is 35.6 Å². The number of nitrogens with zero attached hydrogens (tertiary/aromatic N) is 4. The van der Waals surface area contributed by atoms with E-state index in [0.717, 1.165) is 43.6 Å². The predicted molar refractivity (Wildman–Crippen MR) is 110 cm³/mol. The van der Waals surface area contributed by atoms with Gasteiger partial charge in [-0.2, -0.15) is 0 Å². The number of nitrogens with two attached hydrogens (primary N) is 1. The van der Waals surface area contributed by atoms with Gasteiger partial charge in [0.05, 0.1) is 21.1 Å². The fourth-order valence-electron chi connectivity index (χ4n) is 3.33. The third-order valence-corrected chi connectivity index (χ3v) is 6.10. The molecule has 0 unspecified atom stereocenters. The molecule has 28 heavy (non-hydrogen) atoms. The highest BCUT2D eigenvalue weighted by atomic mass is 35.5. The minimum atomic E-state index is -3.52. The van der Waals surface area contributed by atoms with Gasteiger partial charge in [-0.1, -0.05) is 11.6 Å². The first-order valence-electron chi connectivity index (χ1n) is 8.71. The van der Waals surface area contributed by atoms with Gasteiger partial charge >= 0.3 is 0 Å². The Kier molecular flexibility index (Phi) is 4.82. The van der Waals surface area contributed by atoms with Crippen molar-refractivity contribution in [1.82, 2.24) is 20.3 Å². The molecule has 1 saturated heterocycles. The number of aromatic nitrogens is 3. The number of rotatable bonds is 3. The predicted octanol–water partition coefficient (Wildman–Crippen LogP) is 1.74. The number of hydrogen-bond donors (Lipinski definition) is 2. The van der Waals surface area contributed by atoms with E-state index in [1.54, 1.807) is 12.1 Å². The van der Waals surface area contributed by atoms with Crippen LogP contribution in [0.2, 0.25) is 5.02 Å². The van der Waals surface area contributed by atoms with Crippen LogP contribution in [-0.4, -0.2) is 55.8 Å². The summed E-state index contributed by atoms with van der Waals surface area (Å²) in [4.78, 5) is 15.3. The number of nitrogens with one attached hydrogen (secondary N) is 1. The Morgan fingerprint density at radius 2 is 1.93 bits per heavy atom. The largest absolute Gasteiger partial charge is 0.384 e. The average Bonchev–Trinajstić information content (AvgIpc) is 2.66. The van der Waals surface area contributed by atoms with E-state index in [-0.39, 0.29) is 16.4 Å². The van der Waals surface area contributed by atoms with E-state index in [4.69, 9.17) is 17.3 Å². The Hall–Kier alpha value is -2.49. The van der Waals surface area contributed by atoms with Crippen LogP contribution in [0, 0.1) is 0 Å². The van der Waals surface area contributed by atoms with Gasteiger partial charge in [-0.25, -0.2) is 23.4 Å². The summed E-state index contributed by atoms with van der Waals surface area (Å²) in [5.41, 5.74) is 7.15. The molecule has 0 amide bonds. The van der Waals surface area contributed by atoms with Gasteiger partial charge in [-0.15, -0.1) is 0 Å². The zero-order chi connectivity index (χ0) is 19.9. The van der Waals surface area contributed by atoms with Gasteiger partial charge in [0.1, 0.15) is 18.0 Å². The van der Waals surface area contributed by atoms with Crippen molar-refractivity contribution >= 4 is 44.0 Å². The van der Waals surface area contributed by atoms with Crippen molar-refractivity contribution in [3.63, 3.8) is 0 Å². The van der Waals surface area contributed by atoms with E-state index in [1.165, 1.54) is 18.5 Å². The maximum atomic E-state index is 12.2. The lowest BCUT2D eigenvalue weighted by atomic mass is 10.1. The number of sulfone groups is 1. The Balaban J connectivity index is 1.92. The maximum absolute atomic E-state index is 12.2. The fraction of sp³-hybridized carbons (Fsp3) is 0.278. The molecule has 0 radical (unpaired) electrons. The number of fused-ring (bicyclic) bond motifs is 1. The van der Waals surface area contributed by atoms with Gasteiger partial charge in [-0.3, -0.25) is 0 Å². The monoisotopic (exact) mass is 418 g/mol. The summed E-state index contributed by atoms with van der Waals surface area (Å²) < 4.78 is 24.4. The first-order valence-corrected chi connectivity index (χ1v) is 11.0. The molecule has 1 fully saturated rings. The SMILES string of the molecule is CS(=O)(=O)c1ccc(N)nc1-c1cc2ncnc(N3CCNCC3)c2cc1Cl. The molecule has 0 atom stereocenters. The summed E-state index contributed by atoms with van der Waals surface area (Å²) in [6.07, 6.45) is 2.63. The van der Waals surface area contributed by atoms with Crippen LogP contribution < -0.4 is 16.0 Å². The van der Waals surface area contributed by atoms with Crippen molar-refractivity contribution in [1.29, 1.82) is 0 Å². The molecule has 10 heteroatoms. The van der Waals surface area contributed by atoms with Gasteiger partial charge in [0.25, 0.3) is 0 Å². The number of hydrogen-bond acceptors (Lipinski definition) is 8. The van der Waals surface area contributed by atoms with Crippen LogP contribution in [0.4, 0.5) is 11.6 Å². The lowest BCUT2D eigenvalue weighted by Crippen LogP contribution is -2.44.